The van der Waals surface area contributed by atoms with Gasteiger partial charge in [0.25, 0.3) is 0 Å². The molecule has 0 aromatic heterocycles. The third kappa shape index (κ3) is 3.74. The number of Topliss-reactive ketones (excluding diaryl/α,β-unsaturated/α-hetero) is 1. The highest BCUT2D eigenvalue weighted by Crippen LogP contribution is 2.43. The Balaban J connectivity index is 1.66. The highest BCUT2D eigenvalue weighted by molar-refractivity contribution is 6.42. The first-order chi connectivity index (χ1) is 14.4. The lowest BCUT2D eigenvalue weighted by Crippen LogP contribution is -2.37. The van der Waals surface area contributed by atoms with Gasteiger partial charge in [-0.1, -0.05) is 35.3 Å². The van der Waals surface area contributed by atoms with Crippen LogP contribution in [-0.2, 0) is 16.1 Å². The van der Waals surface area contributed by atoms with Crippen molar-refractivity contribution >= 4 is 35.0 Å². The third-order valence-corrected chi connectivity index (χ3v) is 6.13. The molecule has 30 heavy (non-hydrogen) atoms. The van der Waals surface area contributed by atoms with Crippen LogP contribution >= 0.6 is 23.2 Å². The molecule has 158 valence electrons. The second-order valence-electron chi connectivity index (χ2n) is 7.19. The average Bonchev–Trinajstić information content (AvgIpc) is 3.27. The van der Waals surface area contributed by atoms with Gasteiger partial charge in [0.1, 0.15) is 24.1 Å². The van der Waals surface area contributed by atoms with Gasteiger partial charge in [0.05, 0.1) is 21.2 Å². The van der Waals surface area contributed by atoms with Crippen LogP contribution < -0.4 is 10.1 Å². The summed E-state index contributed by atoms with van der Waals surface area (Å²) in [5.41, 5.74) is 0.555. The summed E-state index contributed by atoms with van der Waals surface area (Å²) in [6.07, 6.45) is -1.10. The normalized spacial score (nSPS) is 23.0. The number of aromatic hydroxyl groups is 1. The number of aliphatic hydroxyl groups excluding tert-OH is 1. The molecule has 1 fully saturated rings. The van der Waals surface area contributed by atoms with E-state index in [0.29, 0.717) is 12.0 Å². The number of benzene rings is 2. The van der Waals surface area contributed by atoms with Gasteiger partial charge in [-0.2, -0.15) is 0 Å². The molecule has 1 saturated heterocycles. The van der Waals surface area contributed by atoms with Crippen molar-refractivity contribution in [1.29, 1.82) is 0 Å². The number of fused-ring (bicyclic) bond motifs is 1. The lowest BCUT2D eigenvalue weighted by Gasteiger charge is -2.32. The van der Waals surface area contributed by atoms with Gasteiger partial charge in [-0.3, -0.25) is 9.59 Å². The molecule has 0 saturated carbocycles. The molecule has 4 rings (SSSR count). The molecule has 7 nitrogen and oxygen atoms in total. The summed E-state index contributed by atoms with van der Waals surface area (Å²) in [6.45, 7) is 0.453. The lowest BCUT2D eigenvalue weighted by molar-refractivity contribution is -0.147. The van der Waals surface area contributed by atoms with Crippen LogP contribution in [-0.4, -0.2) is 40.7 Å². The maximum absolute atomic E-state index is 12.8. The van der Waals surface area contributed by atoms with Crippen LogP contribution in [0.25, 0.3) is 0 Å². The molecular formula is C21H19Cl2NO6. The van der Waals surface area contributed by atoms with Crippen molar-refractivity contribution in [2.45, 2.75) is 37.7 Å². The number of nitrogens with one attached hydrogen (secondary N) is 1. The van der Waals surface area contributed by atoms with Gasteiger partial charge in [0.2, 0.25) is 0 Å². The van der Waals surface area contributed by atoms with Gasteiger partial charge in [-0.15, -0.1) is 0 Å². The monoisotopic (exact) mass is 451 g/mol. The van der Waals surface area contributed by atoms with Crippen LogP contribution in [0.15, 0.2) is 30.3 Å². The van der Waals surface area contributed by atoms with Gasteiger partial charge < -0.3 is 25.0 Å². The zero-order chi connectivity index (χ0) is 21.4. The molecule has 0 radical (unpaired) electrons. The predicted molar refractivity (Wildman–Crippen MR) is 109 cm³/mol. The molecule has 2 unspecified atom stereocenters. The van der Waals surface area contributed by atoms with Gasteiger partial charge in [0.15, 0.2) is 18.0 Å². The number of hydrogen-bond acceptors (Lipinski definition) is 7. The SMILES string of the molecule is O=C1c2ccc(O)c(COC(=O)[C@@H]3CCCN3)c2OC(c2cccc(Cl)c2Cl)C1O. The van der Waals surface area contributed by atoms with Crippen LogP contribution in [0.3, 0.4) is 0 Å². The van der Waals surface area contributed by atoms with E-state index in [-0.39, 0.29) is 39.3 Å². The van der Waals surface area contributed by atoms with E-state index >= 15 is 0 Å². The Morgan fingerprint density at radius 1 is 1.27 bits per heavy atom. The Morgan fingerprint density at radius 2 is 2.07 bits per heavy atom. The number of carbonyl (C=O) groups is 2. The first kappa shape index (κ1) is 20.9. The van der Waals surface area contributed by atoms with Gasteiger partial charge in [0, 0.05) is 5.56 Å². The number of aliphatic hydroxyl groups is 1. The minimum atomic E-state index is -1.52. The van der Waals surface area contributed by atoms with E-state index in [1.807, 2.05) is 0 Å². The van der Waals surface area contributed by atoms with Crippen molar-refractivity contribution in [3.63, 3.8) is 0 Å². The van der Waals surface area contributed by atoms with E-state index in [1.54, 1.807) is 18.2 Å². The van der Waals surface area contributed by atoms with Crippen LogP contribution in [0.1, 0.15) is 40.4 Å². The molecule has 0 bridgehead atoms. The van der Waals surface area contributed by atoms with Crippen LogP contribution in [0.4, 0.5) is 0 Å². The maximum atomic E-state index is 12.8. The number of phenols is 1. The molecule has 2 aliphatic rings. The topological polar surface area (TPSA) is 105 Å². The van der Waals surface area contributed by atoms with Crippen LogP contribution in [0.5, 0.6) is 11.5 Å². The minimum absolute atomic E-state index is 0.0403. The quantitative estimate of drug-likeness (QED) is 0.612. The Hall–Kier alpha value is -2.32. The second-order valence-corrected chi connectivity index (χ2v) is 7.97. The molecule has 0 aliphatic carbocycles. The number of ketones is 1. The van der Waals surface area contributed by atoms with E-state index in [0.717, 1.165) is 13.0 Å². The number of phenolic OH excluding ortho intramolecular Hbond substituents is 1. The van der Waals surface area contributed by atoms with Crippen LogP contribution in [0, 0.1) is 0 Å². The first-order valence-electron chi connectivity index (χ1n) is 9.46. The molecule has 0 amide bonds. The van der Waals surface area contributed by atoms with Gasteiger partial charge in [-0.05, 0) is 37.6 Å². The fourth-order valence-corrected chi connectivity index (χ4v) is 4.09. The largest absolute Gasteiger partial charge is 0.507 e. The molecular weight excluding hydrogens is 433 g/mol. The number of carbonyl (C=O) groups excluding carboxylic acids is 2. The number of halogens is 2. The zero-order valence-electron chi connectivity index (χ0n) is 15.7. The molecule has 2 aromatic rings. The molecule has 0 spiro atoms. The predicted octanol–water partition coefficient (Wildman–Crippen LogP) is 3.17. The standard InChI is InChI=1S/C21H19Cl2NO6/c22-13-4-1-3-10(16(13)23)20-18(27)17(26)11-6-7-15(25)12(19(11)30-20)9-29-21(28)14-5-2-8-24-14/h1,3-4,6-7,14,18,20,24-25,27H,2,5,8-9H2/t14-,18?,20?/m0/s1. The Kier molecular flexibility index (Phi) is 5.88. The third-order valence-electron chi connectivity index (χ3n) is 5.29. The molecule has 2 aromatic carbocycles. The summed E-state index contributed by atoms with van der Waals surface area (Å²) in [6, 6.07) is 7.06. The Labute approximate surface area is 182 Å². The van der Waals surface area contributed by atoms with Crippen molar-refractivity contribution in [2.24, 2.45) is 0 Å². The van der Waals surface area contributed by atoms with Crippen molar-refractivity contribution < 1.29 is 29.3 Å². The molecule has 3 atom stereocenters. The van der Waals surface area contributed by atoms with E-state index < -0.39 is 30.0 Å². The van der Waals surface area contributed by atoms with Crippen molar-refractivity contribution in [1.82, 2.24) is 5.32 Å². The van der Waals surface area contributed by atoms with Crippen LogP contribution in [0.2, 0.25) is 10.0 Å². The van der Waals surface area contributed by atoms with E-state index in [4.69, 9.17) is 32.7 Å². The van der Waals surface area contributed by atoms with E-state index in [9.17, 15) is 19.8 Å². The molecule has 2 aliphatic heterocycles. The summed E-state index contributed by atoms with van der Waals surface area (Å²) >= 11 is 12.3. The molecule has 9 heteroatoms. The fraction of sp³-hybridized carbons (Fsp3) is 0.333. The van der Waals surface area contributed by atoms with Gasteiger partial charge >= 0.3 is 5.97 Å². The average molecular weight is 452 g/mol. The van der Waals surface area contributed by atoms with E-state index in [2.05, 4.69) is 5.32 Å². The zero-order valence-corrected chi connectivity index (χ0v) is 17.2. The summed E-state index contributed by atoms with van der Waals surface area (Å²) < 4.78 is 11.3. The Bertz CT molecular complexity index is 1010. The number of esters is 1. The number of rotatable bonds is 4. The van der Waals surface area contributed by atoms with Crippen molar-refractivity contribution in [3.05, 3.63) is 57.1 Å². The van der Waals surface area contributed by atoms with Crippen molar-refractivity contribution in [2.75, 3.05) is 6.54 Å². The summed E-state index contributed by atoms with van der Waals surface area (Å²) in [5, 5.41) is 24.3. The molecule has 3 N–H and O–H groups in total. The summed E-state index contributed by atoms with van der Waals surface area (Å²) in [7, 11) is 0. The minimum Gasteiger partial charge on any atom is -0.507 e. The lowest BCUT2D eigenvalue weighted by atomic mass is 9.92. The summed E-state index contributed by atoms with van der Waals surface area (Å²) in [4.78, 5) is 25.0. The number of hydrogen-bond donors (Lipinski definition) is 3. The van der Waals surface area contributed by atoms with E-state index in [1.165, 1.54) is 12.1 Å². The summed E-state index contributed by atoms with van der Waals surface area (Å²) in [5.74, 6) is -1.19. The smallest absolute Gasteiger partial charge is 0.323 e. The number of ether oxygens (including phenoxy) is 2. The second kappa shape index (κ2) is 8.43. The first-order valence-corrected chi connectivity index (χ1v) is 10.2. The van der Waals surface area contributed by atoms with Gasteiger partial charge in [-0.25, -0.2) is 0 Å². The highest BCUT2D eigenvalue weighted by Gasteiger charge is 2.40. The fourth-order valence-electron chi connectivity index (χ4n) is 3.68. The van der Waals surface area contributed by atoms with Crippen molar-refractivity contribution in [3.8, 4) is 11.5 Å². The maximum Gasteiger partial charge on any atom is 0.323 e. The highest BCUT2D eigenvalue weighted by atomic mass is 35.5. The molecule has 2 heterocycles. The Morgan fingerprint density at radius 3 is 2.80 bits per heavy atom.